The van der Waals surface area contributed by atoms with Gasteiger partial charge in [0.2, 0.25) is 11.8 Å². The van der Waals surface area contributed by atoms with Crippen LogP contribution in [0.25, 0.3) is 0 Å². The van der Waals surface area contributed by atoms with Gasteiger partial charge in [0.15, 0.2) is 11.6 Å². The third kappa shape index (κ3) is 15.4. The normalized spacial score (nSPS) is 20.6. The van der Waals surface area contributed by atoms with Crippen LogP contribution in [0.3, 0.4) is 0 Å². The average Bonchev–Trinajstić information content (AvgIpc) is 3.35. The molecule has 2 aliphatic carbocycles. The van der Waals surface area contributed by atoms with Crippen molar-refractivity contribution in [3.05, 3.63) is 0 Å². The second-order valence-electron chi connectivity index (χ2n) is 19.4. The molecule has 3 rings (SSSR count). The molecule has 0 unspecified atom stereocenters. The second-order valence-corrected chi connectivity index (χ2v) is 19.4. The van der Waals surface area contributed by atoms with Crippen LogP contribution in [0.1, 0.15) is 171 Å². The molecule has 55 heavy (non-hydrogen) atoms. The van der Waals surface area contributed by atoms with Gasteiger partial charge in [-0.25, -0.2) is 4.79 Å². The molecule has 0 spiro atoms. The van der Waals surface area contributed by atoms with Crippen LogP contribution in [-0.4, -0.2) is 95.4 Å². The van der Waals surface area contributed by atoms with Gasteiger partial charge in [0.1, 0.15) is 5.60 Å². The highest BCUT2D eigenvalue weighted by atomic mass is 16.5. The van der Waals surface area contributed by atoms with E-state index in [0.29, 0.717) is 96.8 Å². The Bertz CT molecular complexity index is 1250. The van der Waals surface area contributed by atoms with Gasteiger partial charge in [-0.05, 0) is 89.9 Å². The predicted molar refractivity (Wildman–Crippen MR) is 219 cm³/mol. The summed E-state index contributed by atoms with van der Waals surface area (Å²) in [5.41, 5.74) is 3.28. The number of primary amides is 1. The first-order valence-corrected chi connectivity index (χ1v) is 21.7. The summed E-state index contributed by atoms with van der Waals surface area (Å²) in [5.74, 6) is -0.205. The van der Waals surface area contributed by atoms with Gasteiger partial charge in [0.25, 0.3) is 0 Å². The molecular formula is C43H78N6O6. The molecule has 3 aliphatic rings. The van der Waals surface area contributed by atoms with Gasteiger partial charge in [0.05, 0.1) is 23.7 Å². The van der Waals surface area contributed by atoms with Crippen molar-refractivity contribution >= 4 is 29.4 Å². The SMILES string of the molecule is CC(C)[C@H](NC1(C(=O)CCNC(C)(C)C)CCCCC1)C(=O)N[C@@H](CCCCNC(N)=O)C(=O)C1(OC2CCN(C(=O)CC(C)(C)C)CC2)CCCCCC1. The number of hydrogen-bond donors (Lipinski definition) is 5. The fourth-order valence-electron chi connectivity index (χ4n) is 8.64. The number of Topliss-reactive ketones (excluding diaryl/α,β-unsaturated/α-hetero) is 2. The zero-order valence-electron chi connectivity index (χ0n) is 35.8. The molecule has 6 N–H and O–H groups in total. The number of carbonyl (C=O) groups is 5. The minimum absolute atomic E-state index is 0.0865. The van der Waals surface area contributed by atoms with E-state index < -0.39 is 29.3 Å². The summed E-state index contributed by atoms with van der Waals surface area (Å²) in [5, 5.41) is 12.9. The number of likely N-dealkylation sites (tertiary alicyclic amines) is 1. The molecule has 4 amide bonds. The van der Waals surface area contributed by atoms with E-state index in [-0.39, 0.29) is 46.4 Å². The third-order valence-corrected chi connectivity index (χ3v) is 11.7. The second kappa shape index (κ2) is 21.3. The van der Waals surface area contributed by atoms with E-state index in [2.05, 4.69) is 62.8 Å². The van der Waals surface area contributed by atoms with Gasteiger partial charge < -0.3 is 31.3 Å². The van der Waals surface area contributed by atoms with Crippen molar-refractivity contribution in [2.24, 2.45) is 17.1 Å². The van der Waals surface area contributed by atoms with Gasteiger partial charge in [-0.15, -0.1) is 0 Å². The summed E-state index contributed by atoms with van der Waals surface area (Å²) in [6, 6.07) is -2.07. The maximum Gasteiger partial charge on any atom is 0.312 e. The van der Waals surface area contributed by atoms with Crippen molar-refractivity contribution in [1.82, 2.24) is 26.2 Å². The fourth-order valence-corrected chi connectivity index (χ4v) is 8.64. The van der Waals surface area contributed by atoms with Crippen molar-refractivity contribution in [3.8, 4) is 0 Å². The highest BCUT2D eigenvalue weighted by Crippen LogP contribution is 2.37. The van der Waals surface area contributed by atoms with Gasteiger partial charge in [-0.2, -0.15) is 0 Å². The number of unbranched alkanes of at least 4 members (excludes halogenated alkanes) is 1. The molecule has 316 valence electrons. The number of nitrogens with one attached hydrogen (secondary N) is 4. The molecule has 0 aromatic carbocycles. The number of piperidine rings is 1. The van der Waals surface area contributed by atoms with E-state index in [4.69, 9.17) is 10.5 Å². The minimum atomic E-state index is -1.04. The highest BCUT2D eigenvalue weighted by molar-refractivity contribution is 5.96. The van der Waals surface area contributed by atoms with E-state index in [9.17, 15) is 19.2 Å². The molecule has 1 saturated heterocycles. The molecule has 3 fully saturated rings. The molecule has 2 atom stereocenters. The van der Waals surface area contributed by atoms with Crippen LogP contribution in [0.4, 0.5) is 4.79 Å². The van der Waals surface area contributed by atoms with Crippen LogP contribution in [0, 0.1) is 11.3 Å². The van der Waals surface area contributed by atoms with E-state index >= 15 is 4.79 Å². The maximum atomic E-state index is 15.1. The third-order valence-electron chi connectivity index (χ3n) is 11.7. The number of ketones is 2. The molecule has 1 heterocycles. The first-order valence-electron chi connectivity index (χ1n) is 21.7. The monoisotopic (exact) mass is 775 g/mol. The molecule has 0 bridgehead atoms. The Kier molecular flexibility index (Phi) is 18.1. The first-order chi connectivity index (χ1) is 25.8. The van der Waals surface area contributed by atoms with Crippen LogP contribution in [0.2, 0.25) is 0 Å². The minimum Gasteiger partial charge on any atom is -0.364 e. The van der Waals surface area contributed by atoms with Crippen molar-refractivity contribution in [1.29, 1.82) is 0 Å². The molecule has 12 nitrogen and oxygen atoms in total. The molecular weight excluding hydrogens is 697 g/mol. The number of hydrogen-bond acceptors (Lipinski definition) is 8. The number of amides is 4. The van der Waals surface area contributed by atoms with Crippen LogP contribution in [0.15, 0.2) is 0 Å². The number of carbonyl (C=O) groups excluding carboxylic acids is 5. The van der Waals surface area contributed by atoms with Crippen LogP contribution < -0.4 is 27.0 Å². The van der Waals surface area contributed by atoms with Crippen molar-refractivity contribution < 1.29 is 28.7 Å². The summed E-state index contributed by atoms with van der Waals surface area (Å²) >= 11 is 0. The standard InChI is InChI=1S/C43H78N6O6/c1-31(2)36(48-42(22-13-11-14-23-42)34(50)19-27-46-41(6,7)8)38(53)47-33(18-12-17-26-45-39(44)54)37(52)43(24-15-9-10-16-25-43)55-32-20-28-49(29-21-32)35(51)30-40(3,4)5/h31-33,36,46,48H,9-30H2,1-8H3,(H,47,53)(H3,44,45,54)/t33-,36-/m0/s1. The summed E-state index contributed by atoms with van der Waals surface area (Å²) in [7, 11) is 0. The van der Waals surface area contributed by atoms with Crippen LogP contribution in [-0.2, 0) is 23.9 Å². The topological polar surface area (TPSA) is 172 Å². The zero-order valence-corrected chi connectivity index (χ0v) is 35.8. The van der Waals surface area contributed by atoms with Crippen molar-refractivity contribution in [2.45, 2.75) is 206 Å². The smallest absolute Gasteiger partial charge is 0.312 e. The number of rotatable bonds is 19. The Balaban J connectivity index is 1.85. The number of nitrogens with zero attached hydrogens (tertiary/aromatic N) is 1. The molecule has 1 aliphatic heterocycles. The number of nitrogens with two attached hydrogens (primary N) is 1. The Morgan fingerprint density at radius 2 is 1.40 bits per heavy atom. The van der Waals surface area contributed by atoms with E-state index in [0.717, 1.165) is 44.9 Å². The lowest BCUT2D eigenvalue weighted by Gasteiger charge is -2.42. The summed E-state index contributed by atoms with van der Waals surface area (Å²) < 4.78 is 6.97. The lowest BCUT2D eigenvalue weighted by molar-refractivity contribution is -0.165. The largest absolute Gasteiger partial charge is 0.364 e. The van der Waals surface area contributed by atoms with Crippen LogP contribution in [0.5, 0.6) is 0 Å². The predicted octanol–water partition coefficient (Wildman–Crippen LogP) is 6.08. The quantitative estimate of drug-likeness (QED) is 0.0777. The van der Waals surface area contributed by atoms with Gasteiger partial charge >= 0.3 is 6.03 Å². The molecule has 2 saturated carbocycles. The number of ether oxygens (including phenoxy) is 1. The highest BCUT2D eigenvalue weighted by Gasteiger charge is 2.47. The Labute approximate surface area is 332 Å². The van der Waals surface area contributed by atoms with Crippen molar-refractivity contribution in [3.63, 3.8) is 0 Å². The first kappa shape index (κ1) is 46.8. The molecule has 0 radical (unpaired) electrons. The van der Waals surface area contributed by atoms with Crippen LogP contribution >= 0.6 is 0 Å². The lowest BCUT2D eigenvalue weighted by atomic mass is 9.76. The molecule has 0 aromatic heterocycles. The fraction of sp³-hybridized carbons (Fsp3) is 0.884. The molecule has 0 aromatic rings. The maximum absolute atomic E-state index is 15.1. The summed E-state index contributed by atoms with van der Waals surface area (Å²) in [6.45, 7) is 18.6. The van der Waals surface area contributed by atoms with E-state index in [1.165, 1.54) is 0 Å². The van der Waals surface area contributed by atoms with Gasteiger partial charge in [-0.1, -0.05) is 79.6 Å². The summed E-state index contributed by atoms with van der Waals surface area (Å²) in [4.78, 5) is 69.8. The van der Waals surface area contributed by atoms with Gasteiger partial charge in [-0.3, -0.25) is 24.5 Å². The van der Waals surface area contributed by atoms with Crippen molar-refractivity contribution in [2.75, 3.05) is 26.2 Å². The molecule has 12 heteroatoms. The Morgan fingerprint density at radius 3 is 1.95 bits per heavy atom. The number of urea groups is 1. The Morgan fingerprint density at radius 1 is 0.818 bits per heavy atom. The van der Waals surface area contributed by atoms with Gasteiger partial charge in [0, 0.05) is 44.6 Å². The average molecular weight is 775 g/mol. The van der Waals surface area contributed by atoms with E-state index in [1.54, 1.807) is 0 Å². The lowest BCUT2D eigenvalue weighted by Crippen LogP contribution is -2.64. The Hall–Kier alpha value is -2.57. The van der Waals surface area contributed by atoms with E-state index in [1.807, 2.05) is 18.7 Å². The summed E-state index contributed by atoms with van der Waals surface area (Å²) in [6.07, 6.45) is 12.9. The zero-order chi connectivity index (χ0) is 40.9.